The zero-order valence-corrected chi connectivity index (χ0v) is 20.1. The number of carbonyl (C=O) groups is 1. The number of hydrogen-bond acceptors (Lipinski definition) is 4. The Bertz CT molecular complexity index is 1020. The molecule has 2 saturated carbocycles. The molecule has 2 bridgehead atoms. The number of nitrogens with one attached hydrogen (secondary N) is 1. The maximum Gasteiger partial charge on any atom is 0.262 e. The molecule has 4 atom stereocenters. The van der Waals surface area contributed by atoms with Gasteiger partial charge in [0.25, 0.3) is 5.56 Å². The van der Waals surface area contributed by atoms with Crippen molar-refractivity contribution >= 4 is 40.2 Å². The summed E-state index contributed by atoms with van der Waals surface area (Å²) in [6.07, 6.45) is 6.15. The number of thioether (sulfide) groups is 1. The number of aromatic nitrogens is 2. The summed E-state index contributed by atoms with van der Waals surface area (Å²) in [5, 5.41) is 4.91. The van der Waals surface area contributed by atoms with Crippen molar-refractivity contribution in [3.63, 3.8) is 0 Å². The van der Waals surface area contributed by atoms with Crippen molar-refractivity contribution in [2.75, 3.05) is 5.75 Å². The van der Waals surface area contributed by atoms with Crippen molar-refractivity contribution in [3.8, 4) is 0 Å². The van der Waals surface area contributed by atoms with E-state index in [0.717, 1.165) is 18.3 Å². The van der Waals surface area contributed by atoms with Crippen LogP contribution in [0, 0.1) is 23.7 Å². The second kappa shape index (κ2) is 9.53. The number of halogens is 1. The molecule has 2 aromatic rings. The maximum absolute atomic E-state index is 13.1. The lowest BCUT2D eigenvalue weighted by Gasteiger charge is -2.28. The van der Waals surface area contributed by atoms with E-state index in [2.05, 4.69) is 26.1 Å². The average molecular weight is 462 g/mol. The Balaban J connectivity index is 1.47. The van der Waals surface area contributed by atoms with E-state index in [9.17, 15) is 9.59 Å². The van der Waals surface area contributed by atoms with Gasteiger partial charge in [-0.15, -0.1) is 0 Å². The molecule has 1 N–H and O–H groups in total. The average Bonchev–Trinajstić information content (AvgIpc) is 3.35. The predicted molar refractivity (Wildman–Crippen MR) is 128 cm³/mol. The van der Waals surface area contributed by atoms with Crippen LogP contribution < -0.4 is 10.9 Å². The standard InChI is InChI=1S/C24H32ClN3O2S/c1-14(2)8-9-28-23(30)19-7-6-18(25)12-21(19)27-24(28)31-13-22(29)26-15(3)20-11-16-4-5-17(20)10-16/h6-7,12,14-17,20H,4-5,8-11,13H2,1-3H3,(H,26,29). The summed E-state index contributed by atoms with van der Waals surface area (Å²) >= 11 is 7.46. The fraction of sp³-hybridized carbons (Fsp3) is 0.625. The van der Waals surface area contributed by atoms with Gasteiger partial charge in [-0.1, -0.05) is 43.6 Å². The summed E-state index contributed by atoms with van der Waals surface area (Å²) in [5.74, 6) is 2.99. The largest absolute Gasteiger partial charge is 0.353 e. The van der Waals surface area contributed by atoms with Crippen LogP contribution in [0.5, 0.6) is 0 Å². The smallest absolute Gasteiger partial charge is 0.262 e. The normalized spacial score (nSPS) is 23.6. The summed E-state index contributed by atoms with van der Waals surface area (Å²) in [6, 6.07) is 5.37. The third kappa shape index (κ3) is 5.11. The highest BCUT2D eigenvalue weighted by Gasteiger charge is 2.42. The van der Waals surface area contributed by atoms with Crippen molar-refractivity contribution in [1.82, 2.24) is 14.9 Å². The lowest BCUT2D eigenvalue weighted by Crippen LogP contribution is -2.41. The summed E-state index contributed by atoms with van der Waals surface area (Å²) < 4.78 is 1.72. The molecule has 2 aliphatic carbocycles. The molecule has 1 aromatic heterocycles. The monoisotopic (exact) mass is 461 g/mol. The number of fused-ring (bicyclic) bond motifs is 3. The van der Waals surface area contributed by atoms with Gasteiger partial charge >= 0.3 is 0 Å². The lowest BCUT2D eigenvalue weighted by atomic mass is 9.84. The van der Waals surface area contributed by atoms with Gasteiger partial charge in [-0.3, -0.25) is 14.2 Å². The van der Waals surface area contributed by atoms with Crippen LogP contribution >= 0.6 is 23.4 Å². The Kier molecular flexibility index (Phi) is 6.97. The first-order valence-electron chi connectivity index (χ1n) is 11.4. The zero-order valence-electron chi connectivity index (χ0n) is 18.6. The molecule has 31 heavy (non-hydrogen) atoms. The van der Waals surface area contributed by atoms with Gasteiger partial charge in [0.2, 0.25) is 5.91 Å². The van der Waals surface area contributed by atoms with Crippen LogP contribution in [0.2, 0.25) is 5.02 Å². The Morgan fingerprint density at radius 1 is 1.29 bits per heavy atom. The van der Waals surface area contributed by atoms with E-state index in [1.165, 1.54) is 37.4 Å². The Hall–Kier alpha value is -1.53. The van der Waals surface area contributed by atoms with Gasteiger partial charge < -0.3 is 5.32 Å². The van der Waals surface area contributed by atoms with Crippen LogP contribution in [0.3, 0.4) is 0 Å². The molecule has 0 saturated heterocycles. The third-order valence-corrected chi connectivity index (χ3v) is 8.18. The van der Waals surface area contributed by atoms with Crippen LogP contribution in [0.4, 0.5) is 0 Å². The Labute approximate surface area is 193 Å². The molecule has 5 nitrogen and oxygen atoms in total. The van der Waals surface area contributed by atoms with Crippen LogP contribution in [0.25, 0.3) is 10.9 Å². The number of benzene rings is 1. The van der Waals surface area contributed by atoms with Gasteiger partial charge in [-0.2, -0.15) is 0 Å². The van der Waals surface area contributed by atoms with Crippen LogP contribution in [0.1, 0.15) is 52.9 Å². The summed E-state index contributed by atoms with van der Waals surface area (Å²) in [6.45, 7) is 7.00. The van der Waals surface area contributed by atoms with Crippen molar-refractivity contribution < 1.29 is 4.79 Å². The maximum atomic E-state index is 13.1. The molecule has 1 heterocycles. The molecule has 4 rings (SSSR count). The molecule has 2 aliphatic rings. The Morgan fingerprint density at radius 2 is 2.10 bits per heavy atom. The van der Waals surface area contributed by atoms with Gasteiger partial charge in [0.05, 0.1) is 16.7 Å². The first-order valence-corrected chi connectivity index (χ1v) is 12.8. The highest BCUT2D eigenvalue weighted by Crippen LogP contribution is 2.49. The van der Waals surface area contributed by atoms with E-state index < -0.39 is 0 Å². The molecule has 2 fully saturated rings. The topological polar surface area (TPSA) is 64.0 Å². The van der Waals surface area contributed by atoms with Gasteiger partial charge in [0.15, 0.2) is 5.16 Å². The quantitative estimate of drug-likeness (QED) is 0.437. The predicted octanol–water partition coefficient (Wildman–Crippen LogP) is 5.13. The number of amides is 1. The van der Waals surface area contributed by atoms with Crippen molar-refractivity contribution in [3.05, 3.63) is 33.6 Å². The third-order valence-electron chi connectivity index (χ3n) is 6.97. The van der Waals surface area contributed by atoms with Crippen molar-refractivity contribution in [1.29, 1.82) is 0 Å². The molecule has 0 radical (unpaired) electrons. The van der Waals surface area contributed by atoms with Gasteiger partial charge in [0.1, 0.15) is 0 Å². The van der Waals surface area contributed by atoms with E-state index in [0.29, 0.717) is 39.5 Å². The molecular formula is C24H32ClN3O2S. The zero-order chi connectivity index (χ0) is 22.1. The number of hydrogen-bond donors (Lipinski definition) is 1. The second-order valence-electron chi connectivity index (χ2n) is 9.68. The molecule has 1 aromatic carbocycles. The molecule has 168 valence electrons. The number of carbonyl (C=O) groups excluding carboxylic acids is 1. The molecule has 7 heteroatoms. The highest BCUT2D eigenvalue weighted by atomic mass is 35.5. The summed E-state index contributed by atoms with van der Waals surface area (Å²) in [7, 11) is 0. The highest BCUT2D eigenvalue weighted by molar-refractivity contribution is 7.99. The summed E-state index contributed by atoms with van der Waals surface area (Å²) in [4.78, 5) is 30.5. The van der Waals surface area contributed by atoms with Gasteiger partial charge in [0, 0.05) is 17.6 Å². The number of nitrogens with zero attached hydrogens (tertiary/aromatic N) is 2. The van der Waals surface area contributed by atoms with Gasteiger partial charge in [-0.25, -0.2) is 4.98 Å². The Morgan fingerprint density at radius 3 is 2.77 bits per heavy atom. The second-order valence-corrected chi connectivity index (χ2v) is 11.1. The van der Waals surface area contributed by atoms with E-state index in [4.69, 9.17) is 16.6 Å². The molecule has 4 unspecified atom stereocenters. The molecule has 0 spiro atoms. The first kappa shape index (κ1) is 22.7. The number of rotatable bonds is 8. The van der Waals surface area contributed by atoms with Crippen LogP contribution in [0.15, 0.2) is 28.2 Å². The lowest BCUT2D eigenvalue weighted by molar-refractivity contribution is -0.119. The van der Waals surface area contributed by atoms with Crippen LogP contribution in [-0.4, -0.2) is 27.3 Å². The van der Waals surface area contributed by atoms with E-state index in [1.807, 2.05) is 0 Å². The summed E-state index contributed by atoms with van der Waals surface area (Å²) in [5.41, 5.74) is 0.511. The minimum atomic E-state index is -0.0689. The first-order chi connectivity index (χ1) is 14.8. The van der Waals surface area contributed by atoms with E-state index in [-0.39, 0.29) is 23.3 Å². The molecule has 1 amide bonds. The van der Waals surface area contributed by atoms with E-state index in [1.54, 1.807) is 22.8 Å². The fourth-order valence-electron chi connectivity index (χ4n) is 5.31. The van der Waals surface area contributed by atoms with E-state index >= 15 is 0 Å². The minimum absolute atomic E-state index is 0.0103. The molecule has 0 aliphatic heterocycles. The fourth-order valence-corrected chi connectivity index (χ4v) is 6.31. The molecular weight excluding hydrogens is 430 g/mol. The van der Waals surface area contributed by atoms with Gasteiger partial charge in [-0.05, 0) is 74.5 Å². The van der Waals surface area contributed by atoms with Crippen molar-refractivity contribution in [2.24, 2.45) is 23.7 Å². The van der Waals surface area contributed by atoms with Crippen molar-refractivity contribution in [2.45, 2.75) is 70.6 Å². The minimum Gasteiger partial charge on any atom is -0.353 e. The SMILES string of the molecule is CC(C)CCn1c(SCC(=O)NC(C)C2CC3CCC2C3)nc2cc(Cl)ccc2c1=O. The van der Waals surface area contributed by atoms with Crippen LogP contribution in [-0.2, 0) is 11.3 Å².